The fourth-order valence-electron chi connectivity index (χ4n) is 1.48. The fraction of sp³-hybridized carbons (Fsp3) is 0.909. The number of carbonyl (C=O) groups excluding carboxylic acids is 1. The average Bonchev–Trinajstić information content (AvgIpc) is 2.95. The van der Waals surface area contributed by atoms with Crippen molar-refractivity contribution in [2.75, 3.05) is 13.1 Å². The molecule has 1 atom stereocenters. The molecule has 1 fully saturated rings. The summed E-state index contributed by atoms with van der Waals surface area (Å²) in [6.07, 6.45) is 2.56. The molecule has 0 bridgehead atoms. The minimum atomic E-state index is -0.325. The van der Waals surface area contributed by atoms with Gasteiger partial charge in [-0.25, -0.2) is 0 Å². The van der Waals surface area contributed by atoms with Crippen molar-refractivity contribution in [3.8, 4) is 0 Å². The van der Waals surface area contributed by atoms with Gasteiger partial charge in [-0.05, 0) is 31.6 Å². The summed E-state index contributed by atoms with van der Waals surface area (Å²) < 4.78 is 0. The molecule has 0 aromatic rings. The third-order valence-corrected chi connectivity index (χ3v) is 2.87. The highest BCUT2D eigenvalue weighted by molar-refractivity contribution is 5.81. The molecule has 0 aliphatic heterocycles. The lowest BCUT2D eigenvalue weighted by atomic mass is 10.0. The Hall–Kier alpha value is -0.570. The van der Waals surface area contributed by atoms with Crippen LogP contribution >= 0.6 is 0 Å². The van der Waals surface area contributed by atoms with Crippen LogP contribution in [0, 0.1) is 11.8 Å². The summed E-state index contributed by atoms with van der Waals surface area (Å²) in [4.78, 5) is 13.8. The maximum atomic E-state index is 11.9. The lowest BCUT2D eigenvalue weighted by Gasteiger charge is -2.26. The van der Waals surface area contributed by atoms with Crippen LogP contribution in [0.4, 0.5) is 0 Å². The lowest BCUT2D eigenvalue weighted by Crippen LogP contribution is -2.47. The van der Waals surface area contributed by atoms with E-state index in [0.717, 1.165) is 19.0 Å². The van der Waals surface area contributed by atoms with Gasteiger partial charge in [0.2, 0.25) is 5.91 Å². The summed E-state index contributed by atoms with van der Waals surface area (Å²) in [5, 5.41) is 0. The molecule has 82 valence electrons. The average molecular weight is 198 g/mol. The van der Waals surface area contributed by atoms with Crippen LogP contribution in [0.15, 0.2) is 0 Å². The van der Waals surface area contributed by atoms with E-state index < -0.39 is 0 Å². The summed E-state index contributed by atoms with van der Waals surface area (Å²) in [6, 6.07) is -0.325. The van der Waals surface area contributed by atoms with Gasteiger partial charge in [0.15, 0.2) is 0 Å². The zero-order valence-corrected chi connectivity index (χ0v) is 9.49. The van der Waals surface area contributed by atoms with Gasteiger partial charge in [0.25, 0.3) is 0 Å². The van der Waals surface area contributed by atoms with Crippen LogP contribution in [-0.2, 0) is 4.79 Å². The number of nitrogens with two attached hydrogens (primary N) is 1. The van der Waals surface area contributed by atoms with Crippen LogP contribution in [0.1, 0.15) is 33.6 Å². The second kappa shape index (κ2) is 4.78. The van der Waals surface area contributed by atoms with Crippen LogP contribution in [-0.4, -0.2) is 29.9 Å². The monoisotopic (exact) mass is 198 g/mol. The Balaban J connectivity index is 2.45. The first-order valence-corrected chi connectivity index (χ1v) is 5.60. The molecule has 0 aromatic carbocycles. The van der Waals surface area contributed by atoms with Gasteiger partial charge in [-0.3, -0.25) is 4.79 Å². The third kappa shape index (κ3) is 2.98. The van der Waals surface area contributed by atoms with E-state index in [9.17, 15) is 4.79 Å². The van der Waals surface area contributed by atoms with Gasteiger partial charge in [0.05, 0.1) is 6.04 Å². The van der Waals surface area contributed by atoms with Crippen molar-refractivity contribution in [3.63, 3.8) is 0 Å². The van der Waals surface area contributed by atoms with Crippen molar-refractivity contribution in [2.24, 2.45) is 17.6 Å². The minimum absolute atomic E-state index is 0.120. The van der Waals surface area contributed by atoms with Crippen molar-refractivity contribution >= 4 is 5.91 Å². The molecule has 3 heteroatoms. The first kappa shape index (κ1) is 11.5. The van der Waals surface area contributed by atoms with Gasteiger partial charge in [-0.1, -0.05) is 13.8 Å². The standard InChI is InChI=1S/C11H22N2O/c1-4-13(7-9-5-6-9)11(14)10(12)8(2)3/h8-10H,4-7,12H2,1-3H3. The Morgan fingerprint density at radius 3 is 2.43 bits per heavy atom. The Kier molecular flexibility index (Phi) is 3.93. The zero-order chi connectivity index (χ0) is 10.7. The predicted molar refractivity (Wildman–Crippen MR) is 57.8 cm³/mol. The van der Waals surface area contributed by atoms with E-state index in [2.05, 4.69) is 0 Å². The maximum Gasteiger partial charge on any atom is 0.239 e. The molecular weight excluding hydrogens is 176 g/mol. The van der Waals surface area contributed by atoms with Crippen molar-refractivity contribution in [2.45, 2.75) is 39.7 Å². The fourth-order valence-corrected chi connectivity index (χ4v) is 1.48. The van der Waals surface area contributed by atoms with Crippen LogP contribution in [0.5, 0.6) is 0 Å². The number of hydrogen-bond acceptors (Lipinski definition) is 2. The summed E-state index contributed by atoms with van der Waals surface area (Å²) in [7, 11) is 0. The highest BCUT2D eigenvalue weighted by atomic mass is 16.2. The first-order chi connectivity index (χ1) is 6.56. The topological polar surface area (TPSA) is 46.3 Å². The lowest BCUT2D eigenvalue weighted by molar-refractivity contribution is -0.133. The van der Waals surface area contributed by atoms with Crippen LogP contribution in [0.2, 0.25) is 0 Å². The third-order valence-electron chi connectivity index (χ3n) is 2.87. The molecule has 0 heterocycles. The molecule has 1 amide bonds. The molecule has 1 unspecified atom stereocenters. The van der Waals surface area contributed by atoms with Gasteiger partial charge < -0.3 is 10.6 Å². The molecule has 0 aromatic heterocycles. The largest absolute Gasteiger partial charge is 0.341 e. The summed E-state index contributed by atoms with van der Waals surface area (Å²) >= 11 is 0. The highest BCUT2D eigenvalue weighted by Gasteiger charge is 2.28. The van der Waals surface area contributed by atoms with Gasteiger partial charge >= 0.3 is 0 Å². The van der Waals surface area contributed by atoms with Crippen molar-refractivity contribution in [1.29, 1.82) is 0 Å². The molecular formula is C11H22N2O. The summed E-state index contributed by atoms with van der Waals surface area (Å²) in [5.41, 5.74) is 5.84. The molecule has 1 aliphatic rings. The second-order valence-corrected chi connectivity index (χ2v) is 4.59. The number of nitrogens with zero attached hydrogens (tertiary/aromatic N) is 1. The molecule has 1 saturated carbocycles. The number of likely N-dealkylation sites (N-methyl/N-ethyl adjacent to an activating group) is 1. The molecule has 0 spiro atoms. The van der Waals surface area contributed by atoms with Gasteiger partial charge in [0, 0.05) is 13.1 Å². The Morgan fingerprint density at radius 1 is 1.50 bits per heavy atom. The van der Waals surface area contributed by atoms with E-state index in [4.69, 9.17) is 5.73 Å². The van der Waals surface area contributed by atoms with Gasteiger partial charge in [-0.15, -0.1) is 0 Å². The Bertz CT molecular complexity index is 199. The van der Waals surface area contributed by atoms with Gasteiger partial charge in [-0.2, -0.15) is 0 Å². The van der Waals surface area contributed by atoms with Crippen LogP contribution < -0.4 is 5.73 Å². The zero-order valence-electron chi connectivity index (χ0n) is 9.49. The van der Waals surface area contributed by atoms with E-state index in [1.165, 1.54) is 12.8 Å². The smallest absolute Gasteiger partial charge is 0.239 e. The van der Waals surface area contributed by atoms with Crippen molar-refractivity contribution < 1.29 is 4.79 Å². The van der Waals surface area contributed by atoms with E-state index in [1.807, 2.05) is 25.7 Å². The highest BCUT2D eigenvalue weighted by Crippen LogP contribution is 2.29. The molecule has 1 aliphatic carbocycles. The summed E-state index contributed by atoms with van der Waals surface area (Å²) in [6.45, 7) is 7.71. The first-order valence-electron chi connectivity index (χ1n) is 5.60. The molecule has 14 heavy (non-hydrogen) atoms. The Labute approximate surface area is 86.6 Å². The van der Waals surface area contributed by atoms with Gasteiger partial charge in [0.1, 0.15) is 0 Å². The number of rotatable bonds is 5. The van der Waals surface area contributed by atoms with Crippen LogP contribution in [0.25, 0.3) is 0 Å². The maximum absolute atomic E-state index is 11.9. The van der Waals surface area contributed by atoms with Crippen LogP contribution in [0.3, 0.4) is 0 Å². The van der Waals surface area contributed by atoms with E-state index in [-0.39, 0.29) is 17.9 Å². The van der Waals surface area contributed by atoms with E-state index in [1.54, 1.807) is 0 Å². The number of carbonyl (C=O) groups is 1. The van der Waals surface area contributed by atoms with Crippen molar-refractivity contribution in [3.05, 3.63) is 0 Å². The quantitative estimate of drug-likeness (QED) is 0.722. The second-order valence-electron chi connectivity index (χ2n) is 4.59. The SMILES string of the molecule is CCN(CC1CC1)C(=O)C(N)C(C)C. The minimum Gasteiger partial charge on any atom is -0.341 e. The molecule has 0 radical (unpaired) electrons. The molecule has 0 saturated heterocycles. The summed E-state index contributed by atoms with van der Waals surface area (Å²) in [5.74, 6) is 1.10. The number of amides is 1. The predicted octanol–water partition coefficient (Wildman–Crippen LogP) is 1.23. The van der Waals surface area contributed by atoms with E-state index in [0.29, 0.717) is 0 Å². The van der Waals surface area contributed by atoms with Crippen molar-refractivity contribution in [1.82, 2.24) is 4.90 Å². The number of hydrogen-bond donors (Lipinski definition) is 1. The normalized spacial score (nSPS) is 18.4. The molecule has 3 nitrogen and oxygen atoms in total. The molecule has 1 rings (SSSR count). The Morgan fingerprint density at radius 2 is 2.07 bits per heavy atom. The van der Waals surface area contributed by atoms with E-state index >= 15 is 0 Å². The molecule has 2 N–H and O–H groups in total.